The van der Waals surface area contributed by atoms with Crippen molar-refractivity contribution in [3.63, 3.8) is 0 Å². The van der Waals surface area contributed by atoms with E-state index >= 15 is 0 Å². The van der Waals surface area contributed by atoms with Gasteiger partial charge in [0.2, 0.25) is 5.91 Å². The van der Waals surface area contributed by atoms with Crippen molar-refractivity contribution >= 4 is 29.2 Å². The average Bonchev–Trinajstić information content (AvgIpc) is 2.38. The molecule has 0 aromatic heterocycles. The number of halogens is 1. The van der Waals surface area contributed by atoms with Crippen molar-refractivity contribution in [1.82, 2.24) is 0 Å². The summed E-state index contributed by atoms with van der Waals surface area (Å²) in [6, 6.07) is 16.6. The summed E-state index contributed by atoms with van der Waals surface area (Å²) in [5.41, 5.74) is 7.42. The van der Waals surface area contributed by atoms with Crippen LogP contribution in [0.25, 0.3) is 11.6 Å². The molecule has 3 heteroatoms. The van der Waals surface area contributed by atoms with Gasteiger partial charge in [-0.05, 0) is 23.3 Å². The van der Waals surface area contributed by atoms with Crippen LogP contribution in [-0.2, 0) is 4.79 Å². The number of rotatable bonds is 3. The summed E-state index contributed by atoms with van der Waals surface area (Å²) in [6.45, 7) is 0. The van der Waals surface area contributed by atoms with E-state index in [0.717, 1.165) is 11.1 Å². The average molecular weight is 258 g/mol. The zero-order valence-corrected chi connectivity index (χ0v) is 10.4. The number of hydrogen-bond donors (Lipinski definition) is 1. The summed E-state index contributed by atoms with van der Waals surface area (Å²) >= 11 is 6.06. The minimum absolute atomic E-state index is 0.448. The van der Waals surface area contributed by atoms with Crippen molar-refractivity contribution in [3.8, 4) is 0 Å². The normalized spacial score (nSPS) is 11.3. The molecule has 0 saturated carbocycles. The number of nitrogens with two attached hydrogens (primary N) is 1. The Hall–Kier alpha value is -2.06. The maximum absolute atomic E-state index is 11.5. The van der Waals surface area contributed by atoms with Gasteiger partial charge in [-0.3, -0.25) is 4.79 Å². The predicted molar refractivity (Wildman–Crippen MR) is 75.0 cm³/mol. The van der Waals surface area contributed by atoms with E-state index in [0.29, 0.717) is 10.6 Å². The molecule has 2 aromatic carbocycles. The SMILES string of the molecule is NC(=O)/C(=C\c1ccccc1Cl)c1ccccc1. The summed E-state index contributed by atoms with van der Waals surface area (Å²) in [6.07, 6.45) is 1.71. The first-order valence-corrected chi connectivity index (χ1v) is 5.88. The first-order valence-electron chi connectivity index (χ1n) is 5.50. The van der Waals surface area contributed by atoms with Gasteiger partial charge in [0, 0.05) is 10.6 Å². The van der Waals surface area contributed by atoms with Crippen LogP contribution in [0.1, 0.15) is 11.1 Å². The molecule has 0 saturated heterocycles. The van der Waals surface area contributed by atoms with Gasteiger partial charge in [-0.2, -0.15) is 0 Å². The fourth-order valence-corrected chi connectivity index (χ4v) is 1.85. The van der Waals surface area contributed by atoms with E-state index in [1.165, 1.54) is 0 Å². The lowest BCUT2D eigenvalue weighted by Crippen LogP contribution is -2.12. The first kappa shape index (κ1) is 12.4. The van der Waals surface area contributed by atoms with Gasteiger partial charge < -0.3 is 5.73 Å². The quantitative estimate of drug-likeness (QED) is 0.665. The molecule has 1 amide bonds. The van der Waals surface area contributed by atoms with E-state index in [2.05, 4.69) is 0 Å². The van der Waals surface area contributed by atoms with Gasteiger partial charge in [-0.15, -0.1) is 0 Å². The van der Waals surface area contributed by atoms with E-state index in [9.17, 15) is 4.79 Å². The molecule has 0 spiro atoms. The second-order valence-electron chi connectivity index (χ2n) is 3.81. The zero-order chi connectivity index (χ0) is 13.0. The van der Waals surface area contributed by atoms with Gasteiger partial charge >= 0.3 is 0 Å². The second-order valence-corrected chi connectivity index (χ2v) is 4.22. The van der Waals surface area contributed by atoms with Crippen LogP contribution >= 0.6 is 11.6 Å². The van der Waals surface area contributed by atoms with Gasteiger partial charge in [-0.25, -0.2) is 0 Å². The van der Waals surface area contributed by atoms with Crippen molar-refractivity contribution in [2.75, 3.05) is 0 Å². The highest BCUT2D eigenvalue weighted by Gasteiger charge is 2.08. The highest BCUT2D eigenvalue weighted by molar-refractivity contribution is 6.33. The Morgan fingerprint density at radius 1 is 1.00 bits per heavy atom. The number of carbonyl (C=O) groups is 1. The Kier molecular flexibility index (Phi) is 3.80. The van der Waals surface area contributed by atoms with Gasteiger partial charge in [0.05, 0.1) is 0 Å². The monoisotopic (exact) mass is 257 g/mol. The van der Waals surface area contributed by atoms with Gasteiger partial charge in [0.25, 0.3) is 0 Å². The zero-order valence-electron chi connectivity index (χ0n) is 9.64. The Balaban J connectivity index is 2.50. The molecule has 18 heavy (non-hydrogen) atoms. The van der Waals surface area contributed by atoms with Crippen molar-refractivity contribution in [1.29, 1.82) is 0 Å². The lowest BCUT2D eigenvalue weighted by Gasteiger charge is -2.04. The Morgan fingerprint density at radius 3 is 2.22 bits per heavy atom. The summed E-state index contributed by atoms with van der Waals surface area (Å²) in [7, 11) is 0. The molecule has 0 aliphatic carbocycles. The van der Waals surface area contributed by atoms with Gasteiger partial charge in [-0.1, -0.05) is 60.1 Å². The molecule has 0 heterocycles. The van der Waals surface area contributed by atoms with Crippen LogP contribution in [0.5, 0.6) is 0 Å². The Morgan fingerprint density at radius 2 is 1.61 bits per heavy atom. The van der Waals surface area contributed by atoms with Crippen LogP contribution in [0.2, 0.25) is 5.02 Å². The molecule has 0 aliphatic rings. The van der Waals surface area contributed by atoms with E-state index < -0.39 is 5.91 Å². The van der Waals surface area contributed by atoms with Crippen LogP contribution < -0.4 is 5.73 Å². The molecule has 0 atom stereocenters. The third-order valence-electron chi connectivity index (χ3n) is 2.56. The Bertz CT molecular complexity index is 590. The second kappa shape index (κ2) is 5.52. The predicted octanol–water partition coefficient (Wildman–Crippen LogP) is 3.37. The van der Waals surface area contributed by atoms with Gasteiger partial charge in [0.1, 0.15) is 0 Å². The topological polar surface area (TPSA) is 43.1 Å². The molecule has 0 aliphatic heterocycles. The molecule has 2 nitrogen and oxygen atoms in total. The molecule has 2 N–H and O–H groups in total. The highest BCUT2D eigenvalue weighted by Crippen LogP contribution is 2.22. The van der Waals surface area contributed by atoms with Crippen LogP contribution in [0.3, 0.4) is 0 Å². The van der Waals surface area contributed by atoms with Crippen molar-refractivity contribution in [3.05, 3.63) is 70.7 Å². The molecule has 0 bridgehead atoms. The lowest BCUT2D eigenvalue weighted by molar-refractivity contribution is -0.112. The number of carbonyl (C=O) groups excluding carboxylic acids is 1. The number of amides is 1. The third-order valence-corrected chi connectivity index (χ3v) is 2.90. The molecule has 2 aromatic rings. The van der Waals surface area contributed by atoms with E-state index in [1.807, 2.05) is 48.5 Å². The van der Waals surface area contributed by atoms with Crippen LogP contribution in [0.15, 0.2) is 54.6 Å². The fourth-order valence-electron chi connectivity index (χ4n) is 1.66. The van der Waals surface area contributed by atoms with Crippen molar-refractivity contribution in [2.24, 2.45) is 5.73 Å². The Labute approximate surface area is 111 Å². The summed E-state index contributed by atoms with van der Waals surface area (Å²) in [4.78, 5) is 11.5. The molecular formula is C15H12ClNO. The van der Waals surface area contributed by atoms with E-state index in [1.54, 1.807) is 12.1 Å². The van der Waals surface area contributed by atoms with Crippen LogP contribution in [0, 0.1) is 0 Å². The molecular weight excluding hydrogens is 246 g/mol. The largest absolute Gasteiger partial charge is 0.366 e. The number of hydrogen-bond acceptors (Lipinski definition) is 1. The van der Waals surface area contributed by atoms with Crippen molar-refractivity contribution < 1.29 is 4.79 Å². The first-order chi connectivity index (χ1) is 8.68. The summed E-state index contributed by atoms with van der Waals surface area (Å²) in [5.74, 6) is -0.471. The van der Waals surface area contributed by atoms with E-state index in [-0.39, 0.29) is 0 Å². The van der Waals surface area contributed by atoms with Crippen LogP contribution in [-0.4, -0.2) is 5.91 Å². The fraction of sp³-hybridized carbons (Fsp3) is 0. The van der Waals surface area contributed by atoms with Crippen LogP contribution in [0.4, 0.5) is 0 Å². The molecule has 0 radical (unpaired) electrons. The van der Waals surface area contributed by atoms with E-state index in [4.69, 9.17) is 17.3 Å². The molecule has 2 rings (SSSR count). The maximum Gasteiger partial charge on any atom is 0.249 e. The standard InChI is InChI=1S/C15H12ClNO/c16-14-9-5-4-8-12(14)10-13(15(17)18)11-6-2-1-3-7-11/h1-10H,(H2,17,18)/b13-10-. The maximum atomic E-state index is 11.5. The minimum atomic E-state index is -0.471. The highest BCUT2D eigenvalue weighted by atomic mass is 35.5. The molecule has 0 fully saturated rings. The smallest absolute Gasteiger partial charge is 0.249 e. The summed E-state index contributed by atoms with van der Waals surface area (Å²) in [5, 5.41) is 0.590. The summed E-state index contributed by atoms with van der Waals surface area (Å²) < 4.78 is 0. The number of benzene rings is 2. The molecule has 0 unspecified atom stereocenters. The molecule has 90 valence electrons. The third kappa shape index (κ3) is 2.79. The number of primary amides is 1. The van der Waals surface area contributed by atoms with Crippen molar-refractivity contribution in [2.45, 2.75) is 0 Å². The van der Waals surface area contributed by atoms with Gasteiger partial charge in [0.15, 0.2) is 0 Å². The minimum Gasteiger partial charge on any atom is -0.366 e. The lowest BCUT2D eigenvalue weighted by atomic mass is 10.0.